The average molecular weight is 172 g/mol. The third-order valence-electron chi connectivity index (χ3n) is 1.34. The molecule has 1 aromatic heterocycles. The molecule has 0 atom stereocenters. The highest BCUT2D eigenvalue weighted by Gasteiger charge is 1.99. The van der Waals surface area contributed by atoms with Crippen LogP contribution in [0.2, 0.25) is 0 Å². The number of hydrogen-bond acceptors (Lipinski definition) is 4. The van der Waals surface area contributed by atoms with E-state index < -0.39 is 0 Å². The maximum absolute atomic E-state index is 5.36. The summed E-state index contributed by atoms with van der Waals surface area (Å²) in [5.74, 6) is 0. The highest BCUT2D eigenvalue weighted by Crippen LogP contribution is 2.17. The molecule has 0 aliphatic rings. The topological polar surface area (TPSA) is 48.1 Å². The SMILES string of the molecule is COc1nc(CCCN)cs1. The van der Waals surface area contributed by atoms with Gasteiger partial charge < -0.3 is 10.5 Å². The van der Waals surface area contributed by atoms with E-state index in [1.807, 2.05) is 5.38 Å². The van der Waals surface area contributed by atoms with E-state index in [0.717, 1.165) is 30.3 Å². The molecule has 1 rings (SSSR count). The fraction of sp³-hybridized carbons (Fsp3) is 0.571. The van der Waals surface area contributed by atoms with Gasteiger partial charge in [-0.2, -0.15) is 0 Å². The number of thiazole rings is 1. The van der Waals surface area contributed by atoms with Crippen LogP contribution < -0.4 is 10.5 Å². The van der Waals surface area contributed by atoms with Crippen LogP contribution in [-0.2, 0) is 6.42 Å². The van der Waals surface area contributed by atoms with E-state index in [9.17, 15) is 0 Å². The average Bonchev–Trinajstić information content (AvgIpc) is 2.48. The lowest BCUT2D eigenvalue weighted by atomic mass is 10.2. The number of methoxy groups -OCH3 is 1. The molecular formula is C7H12N2OS. The molecule has 0 bridgehead atoms. The molecule has 0 unspecified atom stereocenters. The first-order valence-corrected chi connectivity index (χ1v) is 4.43. The van der Waals surface area contributed by atoms with Crippen LogP contribution >= 0.6 is 11.3 Å². The van der Waals surface area contributed by atoms with Crippen molar-refractivity contribution in [3.63, 3.8) is 0 Å². The Kier molecular flexibility index (Phi) is 3.32. The molecular weight excluding hydrogens is 160 g/mol. The lowest BCUT2D eigenvalue weighted by Crippen LogP contribution is -2.00. The van der Waals surface area contributed by atoms with Crippen molar-refractivity contribution in [2.75, 3.05) is 13.7 Å². The molecule has 0 aliphatic carbocycles. The van der Waals surface area contributed by atoms with Crippen molar-refractivity contribution >= 4 is 11.3 Å². The van der Waals surface area contributed by atoms with Crippen molar-refractivity contribution in [1.82, 2.24) is 4.98 Å². The summed E-state index contributed by atoms with van der Waals surface area (Å²) in [4.78, 5) is 4.21. The molecule has 1 heterocycles. The van der Waals surface area contributed by atoms with E-state index in [2.05, 4.69) is 4.98 Å². The quantitative estimate of drug-likeness (QED) is 0.738. The standard InChI is InChI=1S/C7H12N2OS/c1-10-7-9-6(5-11-7)3-2-4-8/h5H,2-4,8H2,1H3. The van der Waals surface area contributed by atoms with Crippen LogP contribution in [0, 0.1) is 0 Å². The van der Waals surface area contributed by atoms with Crippen molar-refractivity contribution in [3.8, 4) is 5.19 Å². The number of nitrogens with two attached hydrogens (primary N) is 1. The van der Waals surface area contributed by atoms with Crippen LogP contribution in [0.15, 0.2) is 5.38 Å². The summed E-state index contributed by atoms with van der Waals surface area (Å²) in [6.45, 7) is 0.722. The van der Waals surface area contributed by atoms with Gasteiger partial charge in [0.1, 0.15) is 0 Å². The Hall–Kier alpha value is -0.610. The van der Waals surface area contributed by atoms with Gasteiger partial charge in [-0.05, 0) is 19.4 Å². The van der Waals surface area contributed by atoms with Gasteiger partial charge in [0.05, 0.1) is 12.8 Å². The first kappa shape index (κ1) is 8.49. The Balaban J connectivity index is 2.44. The van der Waals surface area contributed by atoms with Crippen LogP contribution in [0.5, 0.6) is 5.19 Å². The summed E-state index contributed by atoms with van der Waals surface area (Å²) < 4.78 is 4.95. The zero-order valence-electron chi connectivity index (χ0n) is 6.54. The summed E-state index contributed by atoms with van der Waals surface area (Å²) >= 11 is 1.53. The Morgan fingerprint density at radius 2 is 2.55 bits per heavy atom. The number of ether oxygens (including phenoxy) is 1. The molecule has 2 N–H and O–H groups in total. The van der Waals surface area contributed by atoms with Crippen LogP contribution in [0.4, 0.5) is 0 Å². The minimum atomic E-state index is 0.722. The first-order valence-electron chi connectivity index (χ1n) is 3.55. The van der Waals surface area contributed by atoms with Crippen LogP contribution in [0.3, 0.4) is 0 Å². The number of rotatable bonds is 4. The van der Waals surface area contributed by atoms with Crippen LogP contribution in [0.25, 0.3) is 0 Å². The molecule has 0 saturated heterocycles. The van der Waals surface area contributed by atoms with Crippen molar-refractivity contribution in [2.24, 2.45) is 5.73 Å². The predicted molar refractivity (Wildman–Crippen MR) is 46.0 cm³/mol. The van der Waals surface area contributed by atoms with E-state index in [-0.39, 0.29) is 0 Å². The second-order valence-electron chi connectivity index (χ2n) is 2.20. The second kappa shape index (κ2) is 4.31. The number of nitrogens with zero attached hydrogens (tertiary/aromatic N) is 1. The van der Waals surface area contributed by atoms with Gasteiger partial charge in [-0.3, -0.25) is 0 Å². The van der Waals surface area contributed by atoms with E-state index in [1.54, 1.807) is 7.11 Å². The molecule has 11 heavy (non-hydrogen) atoms. The van der Waals surface area contributed by atoms with Crippen molar-refractivity contribution in [2.45, 2.75) is 12.8 Å². The molecule has 0 amide bonds. The Labute approximate surface area is 70.2 Å². The maximum atomic E-state index is 5.36. The van der Waals surface area contributed by atoms with Gasteiger partial charge >= 0.3 is 0 Å². The van der Waals surface area contributed by atoms with Gasteiger partial charge in [0.15, 0.2) is 0 Å². The highest BCUT2D eigenvalue weighted by molar-refractivity contribution is 7.11. The van der Waals surface area contributed by atoms with Gasteiger partial charge in [0.25, 0.3) is 5.19 Å². The summed E-state index contributed by atoms with van der Waals surface area (Å²) in [6, 6.07) is 0. The van der Waals surface area contributed by atoms with Crippen LogP contribution in [-0.4, -0.2) is 18.6 Å². The summed E-state index contributed by atoms with van der Waals surface area (Å²) in [6.07, 6.45) is 1.95. The first-order chi connectivity index (χ1) is 5.36. The molecule has 0 spiro atoms. The van der Waals surface area contributed by atoms with E-state index >= 15 is 0 Å². The fourth-order valence-electron chi connectivity index (χ4n) is 0.780. The third kappa shape index (κ3) is 2.48. The molecule has 3 nitrogen and oxygen atoms in total. The molecule has 0 saturated carbocycles. The lowest BCUT2D eigenvalue weighted by Gasteiger charge is -1.91. The van der Waals surface area contributed by atoms with Crippen molar-refractivity contribution in [3.05, 3.63) is 11.1 Å². The summed E-state index contributed by atoms with van der Waals surface area (Å²) in [5.41, 5.74) is 6.44. The van der Waals surface area contributed by atoms with Gasteiger partial charge in [-0.15, -0.1) is 0 Å². The molecule has 0 fully saturated rings. The van der Waals surface area contributed by atoms with Gasteiger partial charge in [-0.1, -0.05) is 11.3 Å². The number of aryl methyl sites for hydroxylation is 1. The monoisotopic (exact) mass is 172 g/mol. The van der Waals surface area contributed by atoms with E-state index in [4.69, 9.17) is 10.5 Å². The minimum Gasteiger partial charge on any atom is -0.473 e. The van der Waals surface area contributed by atoms with Gasteiger partial charge in [0.2, 0.25) is 0 Å². The molecule has 0 radical (unpaired) electrons. The highest BCUT2D eigenvalue weighted by atomic mass is 32.1. The minimum absolute atomic E-state index is 0.722. The van der Waals surface area contributed by atoms with Crippen LogP contribution in [0.1, 0.15) is 12.1 Å². The van der Waals surface area contributed by atoms with Gasteiger partial charge in [0, 0.05) is 5.38 Å². The van der Waals surface area contributed by atoms with E-state index in [1.165, 1.54) is 11.3 Å². The largest absolute Gasteiger partial charge is 0.473 e. The Morgan fingerprint density at radius 3 is 3.09 bits per heavy atom. The predicted octanol–water partition coefficient (Wildman–Crippen LogP) is 1.04. The Bertz CT molecular complexity index is 212. The second-order valence-corrected chi connectivity index (χ2v) is 3.02. The molecule has 62 valence electrons. The molecule has 1 aromatic rings. The summed E-state index contributed by atoms with van der Waals surface area (Å²) in [5, 5.41) is 2.74. The fourth-order valence-corrected chi connectivity index (χ4v) is 1.45. The Morgan fingerprint density at radius 1 is 1.73 bits per heavy atom. The lowest BCUT2D eigenvalue weighted by molar-refractivity contribution is 0.410. The molecule has 0 aliphatic heterocycles. The molecule has 4 heteroatoms. The van der Waals surface area contributed by atoms with Gasteiger partial charge in [-0.25, -0.2) is 4.98 Å². The zero-order chi connectivity index (χ0) is 8.10. The molecule has 0 aromatic carbocycles. The number of hydrogen-bond donors (Lipinski definition) is 1. The third-order valence-corrected chi connectivity index (χ3v) is 2.19. The summed E-state index contributed by atoms with van der Waals surface area (Å²) in [7, 11) is 1.63. The number of aromatic nitrogens is 1. The van der Waals surface area contributed by atoms with Crippen molar-refractivity contribution in [1.29, 1.82) is 0 Å². The zero-order valence-corrected chi connectivity index (χ0v) is 7.36. The smallest absolute Gasteiger partial charge is 0.273 e. The van der Waals surface area contributed by atoms with Crippen molar-refractivity contribution < 1.29 is 4.74 Å². The normalized spacial score (nSPS) is 10.0. The van der Waals surface area contributed by atoms with E-state index in [0.29, 0.717) is 0 Å². The maximum Gasteiger partial charge on any atom is 0.273 e.